The largest absolute Gasteiger partial charge is 0.393 e. The maximum absolute atomic E-state index is 11.3. The van der Waals surface area contributed by atoms with Gasteiger partial charge in [-0.1, -0.05) is 0 Å². The quantitative estimate of drug-likeness (QED) is 0.694. The first-order chi connectivity index (χ1) is 6.72. The van der Waals surface area contributed by atoms with Gasteiger partial charge in [-0.05, 0) is 32.6 Å². The van der Waals surface area contributed by atoms with Crippen LogP contribution in [0.2, 0.25) is 0 Å². The van der Waals surface area contributed by atoms with E-state index in [0.29, 0.717) is 13.0 Å². The molecule has 2 N–H and O–H groups in total. The summed E-state index contributed by atoms with van der Waals surface area (Å²) < 4.78 is 4.99. The monoisotopic (exact) mass is 201 g/mol. The molecule has 82 valence electrons. The zero-order valence-corrected chi connectivity index (χ0v) is 8.66. The predicted molar refractivity (Wildman–Crippen MR) is 52.9 cm³/mol. The van der Waals surface area contributed by atoms with Gasteiger partial charge in [-0.3, -0.25) is 4.79 Å². The Hall–Kier alpha value is -0.610. The summed E-state index contributed by atoms with van der Waals surface area (Å²) in [5.41, 5.74) is 0. The fraction of sp³-hybridized carbons (Fsp3) is 0.900. The van der Waals surface area contributed by atoms with Crippen LogP contribution in [0.5, 0.6) is 0 Å². The van der Waals surface area contributed by atoms with Gasteiger partial charge in [0.1, 0.15) is 6.61 Å². The molecule has 14 heavy (non-hydrogen) atoms. The molecule has 0 saturated heterocycles. The predicted octanol–water partition coefficient (Wildman–Crippen LogP) is 0.443. The smallest absolute Gasteiger partial charge is 0.246 e. The molecule has 0 aromatic heterocycles. The molecule has 0 heterocycles. The van der Waals surface area contributed by atoms with Crippen molar-refractivity contribution in [1.29, 1.82) is 0 Å². The summed E-state index contributed by atoms with van der Waals surface area (Å²) in [6.45, 7) is 2.54. The van der Waals surface area contributed by atoms with Gasteiger partial charge in [0, 0.05) is 12.6 Å². The second-order valence-corrected chi connectivity index (χ2v) is 3.72. The van der Waals surface area contributed by atoms with E-state index in [2.05, 4.69) is 5.32 Å². The second kappa shape index (κ2) is 5.98. The van der Waals surface area contributed by atoms with Crippen LogP contribution in [0.4, 0.5) is 0 Å². The third-order valence-corrected chi connectivity index (χ3v) is 2.45. The lowest BCUT2D eigenvalue weighted by atomic mass is 9.93. The lowest BCUT2D eigenvalue weighted by Gasteiger charge is -2.26. The number of amides is 1. The van der Waals surface area contributed by atoms with Crippen LogP contribution < -0.4 is 5.32 Å². The van der Waals surface area contributed by atoms with Crippen molar-refractivity contribution in [2.45, 2.75) is 44.8 Å². The Labute approximate surface area is 84.6 Å². The van der Waals surface area contributed by atoms with E-state index in [1.165, 1.54) is 0 Å². The minimum Gasteiger partial charge on any atom is -0.393 e. The van der Waals surface area contributed by atoms with Crippen LogP contribution >= 0.6 is 0 Å². The summed E-state index contributed by atoms with van der Waals surface area (Å²) in [5, 5.41) is 12.2. The molecule has 1 rings (SSSR count). The molecule has 0 aliphatic heterocycles. The molecule has 1 aliphatic rings. The number of aliphatic hydroxyl groups excluding tert-OH is 1. The molecule has 4 heteroatoms. The van der Waals surface area contributed by atoms with E-state index in [9.17, 15) is 9.90 Å². The average Bonchev–Trinajstić information content (AvgIpc) is 2.15. The summed E-state index contributed by atoms with van der Waals surface area (Å²) in [7, 11) is 0. The fourth-order valence-electron chi connectivity index (χ4n) is 1.76. The Morgan fingerprint density at radius 1 is 1.57 bits per heavy atom. The van der Waals surface area contributed by atoms with Gasteiger partial charge in [-0.15, -0.1) is 0 Å². The standard InChI is InChI=1S/C10H19NO3/c1-2-14-7-10(13)11-8-4-3-5-9(12)6-8/h8-9,12H,2-7H2,1H3,(H,11,13)/t8-,9-/m1/s1. The number of hydrogen-bond donors (Lipinski definition) is 2. The maximum Gasteiger partial charge on any atom is 0.246 e. The van der Waals surface area contributed by atoms with Crippen molar-refractivity contribution in [2.24, 2.45) is 0 Å². The van der Waals surface area contributed by atoms with Gasteiger partial charge in [0.15, 0.2) is 0 Å². The maximum atomic E-state index is 11.3. The zero-order chi connectivity index (χ0) is 10.4. The molecule has 1 fully saturated rings. The Bertz CT molecular complexity index is 184. The molecule has 0 unspecified atom stereocenters. The van der Waals surface area contributed by atoms with Crippen molar-refractivity contribution in [2.75, 3.05) is 13.2 Å². The van der Waals surface area contributed by atoms with Crippen LogP contribution in [0.1, 0.15) is 32.6 Å². The van der Waals surface area contributed by atoms with E-state index >= 15 is 0 Å². The molecule has 0 aromatic rings. The zero-order valence-electron chi connectivity index (χ0n) is 8.66. The Balaban J connectivity index is 2.18. The summed E-state index contributed by atoms with van der Waals surface area (Å²) in [5.74, 6) is -0.0778. The summed E-state index contributed by atoms with van der Waals surface area (Å²) >= 11 is 0. The van der Waals surface area contributed by atoms with E-state index in [1.807, 2.05) is 6.92 Å². The number of aliphatic hydroxyl groups is 1. The van der Waals surface area contributed by atoms with E-state index in [1.54, 1.807) is 0 Å². The van der Waals surface area contributed by atoms with Crippen LogP contribution in [0, 0.1) is 0 Å². The minimum atomic E-state index is -0.249. The first-order valence-electron chi connectivity index (χ1n) is 5.27. The van der Waals surface area contributed by atoms with Gasteiger partial charge in [0.05, 0.1) is 6.10 Å². The van der Waals surface area contributed by atoms with Crippen molar-refractivity contribution in [3.8, 4) is 0 Å². The van der Waals surface area contributed by atoms with Crippen LogP contribution in [0.15, 0.2) is 0 Å². The summed E-state index contributed by atoms with van der Waals surface area (Å²) in [6.07, 6.45) is 3.24. The number of rotatable bonds is 4. The molecule has 0 spiro atoms. The number of ether oxygens (including phenoxy) is 1. The van der Waals surface area contributed by atoms with E-state index in [4.69, 9.17) is 4.74 Å². The number of carbonyl (C=O) groups is 1. The summed E-state index contributed by atoms with van der Waals surface area (Å²) in [6, 6.07) is 0.131. The SMILES string of the molecule is CCOCC(=O)N[C@@H]1CCC[C@@H](O)C1. The van der Waals surface area contributed by atoms with Gasteiger partial charge in [-0.2, -0.15) is 0 Å². The lowest BCUT2D eigenvalue weighted by Crippen LogP contribution is -2.41. The van der Waals surface area contributed by atoms with Gasteiger partial charge in [0.25, 0.3) is 0 Å². The lowest BCUT2D eigenvalue weighted by molar-refractivity contribution is -0.126. The highest BCUT2D eigenvalue weighted by Gasteiger charge is 2.21. The molecule has 0 radical (unpaired) electrons. The molecular formula is C10H19NO3. The molecule has 1 saturated carbocycles. The van der Waals surface area contributed by atoms with Crippen molar-refractivity contribution in [3.63, 3.8) is 0 Å². The van der Waals surface area contributed by atoms with E-state index in [0.717, 1.165) is 19.3 Å². The van der Waals surface area contributed by atoms with Crippen molar-refractivity contribution in [3.05, 3.63) is 0 Å². The molecule has 0 bridgehead atoms. The number of carbonyl (C=O) groups excluding carboxylic acids is 1. The van der Waals surface area contributed by atoms with Gasteiger partial charge in [0.2, 0.25) is 5.91 Å². The Kier molecular flexibility index (Phi) is 4.90. The molecule has 2 atom stereocenters. The molecular weight excluding hydrogens is 182 g/mol. The van der Waals surface area contributed by atoms with Crippen molar-refractivity contribution in [1.82, 2.24) is 5.32 Å². The number of hydrogen-bond acceptors (Lipinski definition) is 3. The Morgan fingerprint density at radius 3 is 3.00 bits per heavy atom. The van der Waals surface area contributed by atoms with E-state index in [-0.39, 0.29) is 24.7 Å². The van der Waals surface area contributed by atoms with Crippen LogP contribution in [0.3, 0.4) is 0 Å². The highest BCUT2D eigenvalue weighted by molar-refractivity contribution is 5.77. The van der Waals surface area contributed by atoms with Gasteiger partial charge < -0.3 is 15.2 Å². The van der Waals surface area contributed by atoms with Crippen LogP contribution in [-0.4, -0.2) is 36.4 Å². The Morgan fingerprint density at radius 2 is 2.36 bits per heavy atom. The average molecular weight is 201 g/mol. The molecule has 4 nitrogen and oxygen atoms in total. The highest BCUT2D eigenvalue weighted by atomic mass is 16.5. The second-order valence-electron chi connectivity index (χ2n) is 3.72. The third-order valence-electron chi connectivity index (χ3n) is 2.45. The minimum absolute atomic E-state index is 0.0778. The normalized spacial score (nSPS) is 27.3. The molecule has 0 aromatic carbocycles. The van der Waals surface area contributed by atoms with Crippen molar-refractivity contribution >= 4 is 5.91 Å². The van der Waals surface area contributed by atoms with Gasteiger partial charge >= 0.3 is 0 Å². The first kappa shape index (κ1) is 11.5. The number of nitrogens with one attached hydrogen (secondary N) is 1. The molecule has 1 amide bonds. The third kappa shape index (κ3) is 4.07. The van der Waals surface area contributed by atoms with Gasteiger partial charge in [-0.25, -0.2) is 0 Å². The van der Waals surface area contributed by atoms with Crippen LogP contribution in [-0.2, 0) is 9.53 Å². The van der Waals surface area contributed by atoms with Crippen LogP contribution in [0.25, 0.3) is 0 Å². The van der Waals surface area contributed by atoms with E-state index < -0.39 is 0 Å². The van der Waals surface area contributed by atoms with Crippen molar-refractivity contribution < 1.29 is 14.6 Å². The fourth-order valence-corrected chi connectivity index (χ4v) is 1.76. The highest BCUT2D eigenvalue weighted by Crippen LogP contribution is 2.17. The summed E-state index contributed by atoms with van der Waals surface area (Å²) in [4.78, 5) is 11.3. The molecule has 1 aliphatic carbocycles. The first-order valence-corrected chi connectivity index (χ1v) is 5.27. The topological polar surface area (TPSA) is 58.6 Å².